The first-order valence-corrected chi connectivity index (χ1v) is 13.2. The van der Waals surface area contributed by atoms with Gasteiger partial charge in [0.15, 0.2) is 6.10 Å². The zero-order valence-electron chi connectivity index (χ0n) is 21.6. The van der Waals surface area contributed by atoms with Crippen LogP contribution in [0, 0.1) is 12.8 Å². The van der Waals surface area contributed by atoms with Gasteiger partial charge in [-0.1, -0.05) is 13.8 Å². The highest BCUT2D eigenvalue weighted by molar-refractivity contribution is 7.19. The molecule has 188 valence electrons. The van der Waals surface area contributed by atoms with Gasteiger partial charge in [0.05, 0.1) is 32.9 Å². The molecule has 0 fully saturated rings. The Labute approximate surface area is 215 Å². The summed E-state index contributed by atoms with van der Waals surface area (Å²) in [6, 6.07) is 8.03. The Morgan fingerprint density at radius 2 is 2.03 bits per heavy atom. The number of carboxylic acid groups (broad SMARTS) is 1. The summed E-state index contributed by atoms with van der Waals surface area (Å²) in [6.07, 6.45) is 2.38. The van der Waals surface area contributed by atoms with Gasteiger partial charge >= 0.3 is 5.97 Å². The number of aromatic nitrogens is 2. The molecule has 1 N–H and O–H groups in total. The van der Waals surface area contributed by atoms with Gasteiger partial charge in [-0.05, 0) is 69.0 Å². The smallest absolute Gasteiger partial charge is 0.337 e. The third-order valence-electron chi connectivity index (χ3n) is 6.35. The maximum Gasteiger partial charge on any atom is 0.337 e. The topological polar surface area (TPSA) is 81.5 Å². The van der Waals surface area contributed by atoms with Crippen molar-refractivity contribution in [1.82, 2.24) is 9.97 Å². The number of pyridine rings is 1. The van der Waals surface area contributed by atoms with Gasteiger partial charge in [0, 0.05) is 41.1 Å². The van der Waals surface area contributed by atoms with Crippen LogP contribution in [0.25, 0.3) is 32.2 Å². The van der Waals surface area contributed by atoms with Crippen LogP contribution in [0.5, 0.6) is 5.75 Å². The summed E-state index contributed by atoms with van der Waals surface area (Å²) in [5, 5.41) is 12.4. The van der Waals surface area contributed by atoms with E-state index >= 15 is 0 Å². The maximum atomic E-state index is 12.7. The van der Waals surface area contributed by atoms with Gasteiger partial charge in [-0.2, -0.15) is 0 Å². The van der Waals surface area contributed by atoms with Crippen molar-refractivity contribution >= 4 is 38.4 Å². The third-order valence-corrected chi connectivity index (χ3v) is 7.46. The van der Waals surface area contributed by atoms with Crippen molar-refractivity contribution in [3.63, 3.8) is 0 Å². The first kappa shape index (κ1) is 24.7. The molecule has 2 aromatic carbocycles. The summed E-state index contributed by atoms with van der Waals surface area (Å²) in [7, 11) is 0. The van der Waals surface area contributed by atoms with Crippen molar-refractivity contribution in [1.29, 1.82) is 0 Å². The van der Waals surface area contributed by atoms with Gasteiger partial charge in [0.25, 0.3) is 0 Å². The maximum absolute atomic E-state index is 12.7. The SMILES string of the molecule is Cc1cc2nc(CC(C)C)sc2c(-c2ccc3c4c(ccnc24)CCO3)c1C(OC(C)(C)C)C(=O)O. The highest BCUT2D eigenvalue weighted by Gasteiger charge is 2.33. The zero-order chi connectivity index (χ0) is 25.8. The summed E-state index contributed by atoms with van der Waals surface area (Å²) < 4.78 is 13.1. The van der Waals surface area contributed by atoms with E-state index in [9.17, 15) is 9.90 Å². The molecular weight excluding hydrogens is 472 g/mol. The van der Waals surface area contributed by atoms with Crippen molar-refractivity contribution in [2.75, 3.05) is 6.61 Å². The van der Waals surface area contributed by atoms with Gasteiger partial charge < -0.3 is 14.6 Å². The monoisotopic (exact) mass is 504 g/mol. The minimum absolute atomic E-state index is 0.463. The minimum Gasteiger partial charge on any atom is -0.493 e. The predicted molar refractivity (Wildman–Crippen MR) is 144 cm³/mol. The number of ether oxygens (including phenoxy) is 2. The van der Waals surface area contributed by atoms with Crippen molar-refractivity contribution in [3.05, 3.63) is 52.2 Å². The van der Waals surface area contributed by atoms with E-state index in [1.54, 1.807) is 11.3 Å². The molecule has 1 unspecified atom stereocenters. The van der Waals surface area contributed by atoms with E-state index in [1.165, 1.54) is 5.56 Å². The van der Waals surface area contributed by atoms with Gasteiger partial charge in [0.2, 0.25) is 0 Å². The largest absolute Gasteiger partial charge is 0.493 e. The van der Waals surface area contributed by atoms with Gasteiger partial charge in [-0.3, -0.25) is 4.98 Å². The Morgan fingerprint density at radius 1 is 1.25 bits per heavy atom. The van der Waals surface area contributed by atoms with Crippen LogP contribution in [-0.2, 0) is 22.4 Å². The van der Waals surface area contributed by atoms with E-state index < -0.39 is 17.7 Å². The molecule has 0 aliphatic carbocycles. The van der Waals surface area contributed by atoms with Crippen molar-refractivity contribution in [2.24, 2.45) is 5.92 Å². The molecule has 1 aliphatic heterocycles. The standard InChI is InChI=1S/C29H32N2O4S/c1-15(2)13-21-31-19-14-16(3)22(26(28(32)33)35-29(4,5)6)24(27(19)36-21)18-7-8-20-23-17(10-12-34-20)9-11-30-25(18)23/h7-9,11,14-15,26H,10,12-13H2,1-6H3,(H,32,33). The van der Waals surface area contributed by atoms with Crippen LogP contribution in [0.3, 0.4) is 0 Å². The van der Waals surface area contributed by atoms with Gasteiger partial charge in [-0.25, -0.2) is 9.78 Å². The number of hydrogen-bond acceptors (Lipinski definition) is 6. The first-order valence-electron chi connectivity index (χ1n) is 12.4. The summed E-state index contributed by atoms with van der Waals surface area (Å²) in [5.74, 6) is 0.267. The highest BCUT2D eigenvalue weighted by Crippen LogP contribution is 2.46. The van der Waals surface area contributed by atoms with Crippen LogP contribution in [-0.4, -0.2) is 33.3 Å². The number of carbonyl (C=O) groups is 1. The molecule has 3 heterocycles. The van der Waals surface area contributed by atoms with E-state index in [2.05, 4.69) is 13.8 Å². The number of benzene rings is 2. The van der Waals surface area contributed by atoms with Crippen molar-refractivity contribution < 1.29 is 19.4 Å². The zero-order valence-corrected chi connectivity index (χ0v) is 22.5. The Hall–Kier alpha value is -3.03. The molecule has 4 aromatic rings. The van der Waals surface area contributed by atoms with E-state index in [4.69, 9.17) is 19.4 Å². The highest BCUT2D eigenvalue weighted by atomic mass is 32.1. The van der Waals surface area contributed by atoms with Crippen LogP contribution in [0.4, 0.5) is 0 Å². The average Bonchev–Trinajstić information content (AvgIpc) is 3.18. The molecule has 0 spiro atoms. The Balaban J connectivity index is 1.88. The normalized spacial score (nSPS) is 14.4. The minimum atomic E-state index is -1.14. The van der Waals surface area contributed by atoms with Crippen LogP contribution in [0.15, 0.2) is 30.5 Å². The number of carboxylic acids is 1. The molecule has 2 aromatic heterocycles. The second kappa shape index (κ2) is 9.12. The Kier molecular flexibility index (Phi) is 6.25. The number of nitrogens with zero attached hydrogens (tertiary/aromatic N) is 2. The molecule has 0 saturated carbocycles. The molecule has 1 atom stereocenters. The number of rotatable bonds is 6. The fourth-order valence-electron chi connectivity index (χ4n) is 4.99. The van der Waals surface area contributed by atoms with Crippen LogP contribution < -0.4 is 4.74 Å². The molecule has 36 heavy (non-hydrogen) atoms. The lowest BCUT2D eigenvalue weighted by Gasteiger charge is -2.28. The molecule has 0 radical (unpaired) electrons. The number of aliphatic carboxylic acids is 1. The molecular formula is C29H32N2O4S. The van der Waals surface area contributed by atoms with Crippen LogP contribution in [0.1, 0.15) is 62.4 Å². The second-order valence-electron chi connectivity index (χ2n) is 10.9. The van der Waals surface area contributed by atoms with E-state index in [-0.39, 0.29) is 0 Å². The number of fused-ring (bicyclic) bond motifs is 1. The van der Waals surface area contributed by atoms with Gasteiger partial charge in [-0.15, -0.1) is 11.3 Å². The lowest BCUT2D eigenvalue weighted by Crippen LogP contribution is -2.28. The molecule has 0 bridgehead atoms. The predicted octanol–water partition coefficient (Wildman–Crippen LogP) is 6.89. The van der Waals surface area contributed by atoms with E-state index in [0.717, 1.165) is 61.4 Å². The van der Waals surface area contributed by atoms with Crippen molar-refractivity contribution in [2.45, 2.75) is 66.1 Å². The summed E-state index contributed by atoms with van der Waals surface area (Å²) in [5.41, 5.74) is 5.46. The van der Waals surface area contributed by atoms with E-state index in [0.29, 0.717) is 18.1 Å². The molecule has 1 aliphatic rings. The average molecular weight is 505 g/mol. The summed E-state index contributed by atoms with van der Waals surface area (Å²) in [4.78, 5) is 22.4. The molecule has 7 heteroatoms. The lowest BCUT2D eigenvalue weighted by atomic mass is 9.89. The van der Waals surface area contributed by atoms with E-state index in [1.807, 2.05) is 58.2 Å². The van der Waals surface area contributed by atoms with Crippen LogP contribution in [0.2, 0.25) is 0 Å². The number of thiazole rings is 1. The molecule has 5 rings (SSSR count). The number of hydrogen-bond donors (Lipinski definition) is 1. The second-order valence-corrected chi connectivity index (χ2v) is 12.0. The summed E-state index contributed by atoms with van der Waals surface area (Å²) >= 11 is 1.64. The third kappa shape index (κ3) is 4.46. The quantitative estimate of drug-likeness (QED) is 0.308. The Morgan fingerprint density at radius 3 is 2.72 bits per heavy atom. The fourth-order valence-corrected chi connectivity index (χ4v) is 6.32. The molecule has 6 nitrogen and oxygen atoms in total. The molecule has 0 saturated heterocycles. The first-order chi connectivity index (χ1) is 17.0. The summed E-state index contributed by atoms with van der Waals surface area (Å²) in [6.45, 7) is 12.6. The molecule has 0 amide bonds. The van der Waals surface area contributed by atoms with Gasteiger partial charge in [0.1, 0.15) is 5.75 Å². The van der Waals surface area contributed by atoms with Crippen LogP contribution >= 0.6 is 11.3 Å². The Bertz CT molecular complexity index is 1470. The van der Waals surface area contributed by atoms with Crippen molar-refractivity contribution in [3.8, 4) is 16.9 Å². The lowest BCUT2D eigenvalue weighted by molar-refractivity contribution is -0.160. The fraction of sp³-hybridized carbons (Fsp3) is 0.414. The number of aryl methyl sites for hydroxylation is 1.